The molecule has 2 unspecified atom stereocenters. The normalized spacial score (nSPS) is 15.2. The molecule has 0 radical (unpaired) electrons. The third-order valence-electron chi connectivity index (χ3n) is 3.58. The Labute approximate surface area is 119 Å². The van der Waals surface area contributed by atoms with Gasteiger partial charge < -0.3 is 15.2 Å². The molecule has 0 rings (SSSR count). The summed E-state index contributed by atoms with van der Waals surface area (Å²) in [6, 6.07) is 0.428. The molecule has 0 aromatic carbocycles. The summed E-state index contributed by atoms with van der Waals surface area (Å²) in [5.74, 6) is 1.34. The molecule has 0 saturated carbocycles. The molecule has 0 heterocycles. The summed E-state index contributed by atoms with van der Waals surface area (Å²) in [4.78, 5) is 2.44. The van der Waals surface area contributed by atoms with Crippen LogP contribution < -0.4 is 5.73 Å². The van der Waals surface area contributed by atoms with Gasteiger partial charge in [-0.25, -0.2) is 0 Å². The molecule has 0 aliphatic carbocycles. The zero-order valence-corrected chi connectivity index (χ0v) is 13.5. The minimum Gasteiger partial charge on any atom is -0.383 e. The van der Waals surface area contributed by atoms with Gasteiger partial charge in [-0.1, -0.05) is 13.8 Å². The third kappa shape index (κ3) is 9.38. The summed E-state index contributed by atoms with van der Waals surface area (Å²) < 4.78 is 10.4. The third-order valence-corrected chi connectivity index (χ3v) is 3.58. The monoisotopic (exact) mass is 274 g/mol. The highest BCUT2D eigenvalue weighted by Gasteiger charge is 2.16. The van der Waals surface area contributed by atoms with Crippen LogP contribution in [0.25, 0.3) is 0 Å². The van der Waals surface area contributed by atoms with Crippen molar-refractivity contribution in [3.63, 3.8) is 0 Å². The fraction of sp³-hybridized carbons (Fsp3) is 1.00. The predicted octanol–water partition coefficient (Wildman–Crippen LogP) is 1.98. The van der Waals surface area contributed by atoms with Crippen molar-refractivity contribution >= 4 is 0 Å². The molecule has 0 saturated heterocycles. The summed E-state index contributed by atoms with van der Waals surface area (Å²) in [5.41, 5.74) is 5.87. The number of methoxy groups -OCH3 is 2. The van der Waals surface area contributed by atoms with Crippen LogP contribution in [-0.2, 0) is 9.47 Å². The summed E-state index contributed by atoms with van der Waals surface area (Å²) in [7, 11) is 3.51. The van der Waals surface area contributed by atoms with Gasteiger partial charge in [0.15, 0.2) is 0 Å². The first kappa shape index (κ1) is 18.8. The molecule has 2 atom stereocenters. The van der Waals surface area contributed by atoms with Gasteiger partial charge in [-0.3, -0.25) is 4.90 Å². The molecular formula is C15H34N2O2. The maximum atomic E-state index is 5.87. The van der Waals surface area contributed by atoms with E-state index in [2.05, 4.69) is 25.7 Å². The van der Waals surface area contributed by atoms with Gasteiger partial charge in [0.25, 0.3) is 0 Å². The lowest BCUT2D eigenvalue weighted by atomic mass is 9.94. The molecule has 4 nitrogen and oxygen atoms in total. The quantitative estimate of drug-likeness (QED) is 0.591. The number of nitrogens with zero attached hydrogens (tertiary/aromatic N) is 1. The number of rotatable bonds is 12. The predicted molar refractivity (Wildman–Crippen MR) is 81.4 cm³/mol. The molecule has 0 aliphatic rings. The van der Waals surface area contributed by atoms with Crippen molar-refractivity contribution in [1.82, 2.24) is 4.90 Å². The molecule has 0 fully saturated rings. The highest BCUT2D eigenvalue weighted by atomic mass is 16.5. The number of hydrogen-bond acceptors (Lipinski definition) is 4. The number of hydrogen-bond donors (Lipinski definition) is 1. The van der Waals surface area contributed by atoms with Crippen molar-refractivity contribution < 1.29 is 9.47 Å². The van der Waals surface area contributed by atoms with Crippen molar-refractivity contribution in [2.45, 2.75) is 39.7 Å². The summed E-state index contributed by atoms with van der Waals surface area (Å²) in [6.07, 6.45) is 2.37. The molecule has 0 aromatic rings. The highest BCUT2D eigenvalue weighted by molar-refractivity contribution is 4.70. The first-order valence-electron chi connectivity index (χ1n) is 7.47. The molecule has 0 amide bonds. The van der Waals surface area contributed by atoms with E-state index in [1.165, 1.54) is 6.42 Å². The smallest absolute Gasteiger partial charge is 0.0615 e. The van der Waals surface area contributed by atoms with Crippen molar-refractivity contribution in [2.24, 2.45) is 17.6 Å². The van der Waals surface area contributed by atoms with Gasteiger partial charge in [-0.15, -0.1) is 0 Å². The van der Waals surface area contributed by atoms with E-state index in [1.54, 1.807) is 14.2 Å². The largest absolute Gasteiger partial charge is 0.383 e. The fourth-order valence-corrected chi connectivity index (χ4v) is 2.45. The standard InChI is InChI=1S/C15H34N2O2/c1-13(2)10-15(11-16)6-7-17(8-9-18-4)14(3)12-19-5/h13-15H,6-12,16H2,1-5H3. The van der Waals surface area contributed by atoms with Gasteiger partial charge in [-0.05, 0) is 44.7 Å². The Balaban J connectivity index is 4.21. The SMILES string of the molecule is COCCN(CCC(CN)CC(C)C)C(C)COC. The first-order valence-corrected chi connectivity index (χ1v) is 7.47. The molecular weight excluding hydrogens is 240 g/mol. The topological polar surface area (TPSA) is 47.7 Å². The van der Waals surface area contributed by atoms with E-state index in [9.17, 15) is 0 Å². The lowest BCUT2D eigenvalue weighted by Crippen LogP contribution is -2.40. The van der Waals surface area contributed by atoms with Crippen LogP contribution in [0.3, 0.4) is 0 Å². The van der Waals surface area contributed by atoms with Crippen LogP contribution in [0.5, 0.6) is 0 Å². The summed E-state index contributed by atoms with van der Waals surface area (Å²) >= 11 is 0. The van der Waals surface area contributed by atoms with Gasteiger partial charge in [0.05, 0.1) is 13.2 Å². The van der Waals surface area contributed by atoms with E-state index in [-0.39, 0.29) is 0 Å². The summed E-state index contributed by atoms with van der Waals surface area (Å²) in [5, 5.41) is 0. The van der Waals surface area contributed by atoms with Gasteiger partial charge in [0.1, 0.15) is 0 Å². The fourth-order valence-electron chi connectivity index (χ4n) is 2.45. The molecule has 19 heavy (non-hydrogen) atoms. The van der Waals surface area contributed by atoms with Crippen molar-refractivity contribution in [2.75, 3.05) is 47.1 Å². The molecule has 0 spiro atoms. The van der Waals surface area contributed by atoms with E-state index in [0.717, 1.165) is 45.2 Å². The maximum absolute atomic E-state index is 5.87. The Hall–Kier alpha value is -0.160. The van der Waals surface area contributed by atoms with Gasteiger partial charge >= 0.3 is 0 Å². The maximum Gasteiger partial charge on any atom is 0.0615 e. The second-order valence-electron chi connectivity index (χ2n) is 5.85. The van der Waals surface area contributed by atoms with Crippen LogP contribution in [0.4, 0.5) is 0 Å². The average Bonchev–Trinajstić information content (AvgIpc) is 2.37. The minimum absolute atomic E-state index is 0.428. The Morgan fingerprint density at radius 2 is 1.74 bits per heavy atom. The number of ether oxygens (including phenoxy) is 2. The van der Waals surface area contributed by atoms with Gasteiger partial charge in [0.2, 0.25) is 0 Å². The molecule has 0 bridgehead atoms. The van der Waals surface area contributed by atoms with Crippen LogP contribution in [-0.4, -0.2) is 58.0 Å². The Morgan fingerprint density at radius 1 is 1.05 bits per heavy atom. The molecule has 0 aromatic heterocycles. The van der Waals surface area contributed by atoms with Crippen molar-refractivity contribution in [3.05, 3.63) is 0 Å². The molecule has 2 N–H and O–H groups in total. The molecule has 4 heteroatoms. The Morgan fingerprint density at radius 3 is 2.21 bits per heavy atom. The van der Waals surface area contributed by atoms with Crippen LogP contribution in [0.15, 0.2) is 0 Å². The van der Waals surface area contributed by atoms with Crippen molar-refractivity contribution in [1.29, 1.82) is 0 Å². The first-order chi connectivity index (χ1) is 9.04. The zero-order valence-electron chi connectivity index (χ0n) is 13.5. The van der Waals surface area contributed by atoms with Gasteiger partial charge in [-0.2, -0.15) is 0 Å². The lowest BCUT2D eigenvalue weighted by Gasteiger charge is -2.30. The minimum atomic E-state index is 0.428. The van der Waals surface area contributed by atoms with E-state index < -0.39 is 0 Å². The molecule has 116 valence electrons. The average molecular weight is 274 g/mol. The Bertz CT molecular complexity index is 201. The van der Waals surface area contributed by atoms with Gasteiger partial charge in [0, 0.05) is 26.8 Å². The van der Waals surface area contributed by atoms with Crippen LogP contribution in [0.2, 0.25) is 0 Å². The molecule has 0 aliphatic heterocycles. The highest BCUT2D eigenvalue weighted by Crippen LogP contribution is 2.15. The van der Waals surface area contributed by atoms with Crippen molar-refractivity contribution in [3.8, 4) is 0 Å². The van der Waals surface area contributed by atoms with E-state index in [0.29, 0.717) is 12.0 Å². The second-order valence-corrected chi connectivity index (χ2v) is 5.85. The Kier molecular flexibility index (Phi) is 11.6. The lowest BCUT2D eigenvalue weighted by molar-refractivity contribution is 0.0709. The van der Waals surface area contributed by atoms with Crippen LogP contribution in [0.1, 0.15) is 33.6 Å². The number of nitrogens with two attached hydrogens (primary N) is 1. The van der Waals surface area contributed by atoms with E-state index in [4.69, 9.17) is 15.2 Å². The van der Waals surface area contributed by atoms with Crippen LogP contribution in [0, 0.1) is 11.8 Å². The second kappa shape index (κ2) is 11.6. The van der Waals surface area contributed by atoms with E-state index in [1.807, 2.05) is 0 Å². The van der Waals surface area contributed by atoms with Crippen LogP contribution >= 0.6 is 0 Å². The zero-order chi connectivity index (χ0) is 14.7. The van der Waals surface area contributed by atoms with E-state index >= 15 is 0 Å². The summed E-state index contributed by atoms with van der Waals surface area (Å²) in [6.45, 7) is 11.1.